The zero-order chi connectivity index (χ0) is 24.0. The fourth-order valence-corrected chi connectivity index (χ4v) is 3.97. The van der Waals surface area contributed by atoms with Crippen molar-refractivity contribution < 1.29 is 35.7 Å². The average Bonchev–Trinajstić information content (AvgIpc) is 3.09. The average molecular weight is 470 g/mol. The van der Waals surface area contributed by atoms with Gasteiger partial charge in [0, 0.05) is 11.5 Å². The van der Waals surface area contributed by atoms with E-state index in [9.17, 15) is 22.0 Å². The van der Waals surface area contributed by atoms with E-state index in [0.717, 1.165) is 29.7 Å². The molecule has 9 heteroatoms. The van der Waals surface area contributed by atoms with Gasteiger partial charge in [-0.15, -0.1) is 0 Å². The van der Waals surface area contributed by atoms with Gasteiger partial charge < -0.3 is 9.31 Å². The highest BCUT2D eigenvalue weighted by Gasteiger charge is 2.48. The van der Waals surface area contributed by atoms with Gasteiger partial charge >= 0.3 is 7.12 Å². The first kappa shape index (κ1) is 21.9. The second-order valence-corrected chi connectivity index (χ2v) is 7.62. The first-order chi connectivity index (χ1) is 16.3. The molecular formula is C25H13BF6O2. The van der Waals surface area contributed by atoms with E-state index < -0.39 is 53.4 Å². The summed E-state index contributed by atoms with van der Waals surface area (Å²) >= 11 is 0. The van der Waals surface area contributed by atoms with Crippen molar-refractivity contribution >= 4 is 23.7 Å². The van der Waals surface area contributed by atoms with Crippen LogP contribution in [0.15, 0.2) is 78.6 Å². The fourth-order valence-electron chi connectivity index (χ4n) is 3.97. The first-order valence-corrected chi connectivity index (χ1v) is 10.1. The zero-order valence-electron chi connectivity index (χ0n) is 17.2. The molecule has 4 aromatic carbocycles. The number of allylic oxidation sites excluding steroid dienone is 1. The summed E-state index contributed by atoms with van der Waals surface area (Å²) in [4.78, 5) is 0. The molecular weight excluding hydrogens is 457 g/mol. The number of benzene rings is 4. The second-order valence-electron chi connectivity index (χ2n) is 7.62. The highest BCUT2D eigenvalue weighted by Crippen LogP contribution is 2.47. The molecule has 0 bridgehead atoms. The number of hydrogen-bond acceptors (Lipinski definition) is 2. The molecule has 0 heterocycles. The molecule has 0 aliphatic heterocycles. The quantitative estimate of drug-likeness (QED) is 0.225. The Labute approximate surface area is 190 Å². The topological polar surface area (TPSA) is 18.5 Å². The molecule has 34 heavy (non-hydrogen) atoms. The van der Waals surface area contributed by atoms with Crippen LogP contribution in [0.3, 0.4) is 0 Å². The van der Waals surface area contributed by atoms with Crippen molar-refractivity contribution in [3.8, 4) is 11.5 Å². The maximum Gasteiger partial charge on any atom is 0.610 e. The number of halogens is 6. The molecule has 0 spiro atoms. The van der Waals surface area contributed by atoms with Gasteiger partial charge in [-0.1, -0.05) is 42.5 Å². The van der Waals surface area contributed by atoms with Gasteiger partial charge in [0.05, 0.1) is 5.56 Å². The molecule has 1 aliphatic rings. The summed E-state index contributed by atoms with van der Waals surface area (Å²) in [5.41, 5.74) is -1.12. The molecule has 170 valence electrons. The summed E-state index contributed by atoms with van der Waals surface area (Å²) < 4.78 is 96.6. The molecule has 4 aromatic rings. The van der Waals surface area contributed by atoms with Gasteiger partial charge in [-0.25, -0.2) is 26.3 Å². The van der Waals surface area contributed by atoms with Gasteiger partial charge in [-0.2, -0.15) is 0 Å². The normalized spacial score (nSPS) is 14.9. The van der Waals surface area contributed by atoms with Gasteiger partial charge in [-0.3, -0.25) is 0 Å². The van der Waals surface area contributed by atoms with Crippen molar-refractivity contribution in [2.45, 2.75) is 5.82 Å². The van der Waals surface area contributed by atoms with Crippen LogP contribution in [0.5, 0.6) is 11.5 Å². The van der Waals surface area contributed by atoms with Crippen LogP contribution in [0, 0.1) is 23.3 Å². The summed E-state index contributed by atoms with van der Waals surface area (Å²) in [6, 6.07) is 16.4. The standard InChI is InChI=1S/C25H13BF6O2/c27-17-10-8-14(12-19(17)29)33-26(34-20-7-3-5-13-4-1-2-6-15(13)20)22-16-9-11-18(28)23(30)21(16)24(31)25(22)32/h1-12,22H. The van der Waals surface area contributed by atoms with Crippen LogP contribution in [0.25, 0.3) is 16.6 Å². The summed E-state index contributed by atoms with van der Waals surface area (Å²) in [6.45, 7) is 0. The minimum absolute atomic E-state index is 0.218. The lowest BCUT2D eigenvalue weighted by Crippen LogP contribution is -2.37. The van der Waals surface area contributed by atoms with E-state index in [0.29, 0.717) is 11.5 Å². The van der Waals surface area contributed by atoms with E-state index in [-0.39, 0.29) is 17.1 Å². The highest BCUT2D eigenvalue weighted by atomic mass is 19.2. The Kier molecular flexibility index (Phi) is 5.47. The number of rotatable bonds is 5. The van der Waals surface area contributed by atoms with E-state index in [1.54, 1.807) is 42.5 Å². The largest absolute Gasteiger partial charge is 0.610 e. The van der Waals surface area contributed by atoms with Crippen LogP contribution >= 0.6 is 0 Å². The molecule has 5 rings (SSSR count). The molecule has 0 amide bonds. The smallest absolute Gasteiger partial charge is 0.525 e. The Bertz CT molecular complexity index is 1450. The van der Waals surface area contributed by atoms with Crippen LogP contribution in [0.1, 0.15) is 16.9 Å². The predicted octanol–water partition coefficient (Wildman–Crippen LogP) is 7.29. The van der Waals surface area contributed by atoms with E-state index >= 15 is 4.39 Å². The summed E-state index contributed by atoms with van der Waals surface area (Å²) in [7, 11) is -1.69. The third kappa shape index (κ3) is 3.67. The molecule has 2 nitrogen and oxygen atoms in total. The van der Waals surface area contributed by atoms with Crippen LogP contribution in [-0.2, 0) is 0 Å². The number of hydrogen-bond donors (Lipinski definition) is 0. The highest BCUT2D eigenvalue weighted by molar-refractivity contribution is 6.50. The molecule has 1 aliphatic carbocycles. The Morgan fingerprint density at radius 2 is 1.41 bits per heavy atom. The predicted molar refractivity (Wildman–Crippen MR) is 116 cm³/mol. The van der Waals surface area contributed by atoms with E-state index in [4.69, 9.17) is 9.31 Å². The van der Waals surface area contributed by atoms with Crippen molar-refractivity contribution in [1.82, 2.24) is 0 Å². The minimum atomic E-state index is -1.69. The Balaban J connectivity index is 1.63. The lowest BCUT2D eigenvalue weighted by Gasteiger charge is -2.23. The van der Waals surface area contributed by atoms with E-state index in [1.807, 2.05) is 0 Å². The fraction of sp³-hybridized carbons (Fsp3) is 0.0400. The van der Waals surface area contributed by atoms with Crippen LogP contribution in [0.2, 0.25) is 0 Å². The Hall–Kier alpha value is -3.88. The van der Waals surface area contributed by atoms with E-state index in [2.05, 4.69) is 0 Å². The SMILES string of the molecule is FC1=C(F)C(B(Oc2ccc(F)c(F)c2)Oc2cccc3ccccc23)c2ccc(F)c(F)c21. The lowest BCUT2D eigenvalue weighted by molar-refractivity contribution is 0.399. The molecule has 0 saturated heterocycles. The molecule has 0 fully saturated rings. The third-order valence-electron chi connectivity index (χ3n) is 5.57. The molecule has 0 saturated carbocycles. The maximum atomic E-state index is 15.1. The second kappa shape index (κ2) is 8.48. The molecule has 1 unspecified atom stereocenters. The van der Waals surface area contributed by atoms with Crippen molar-refractivity contribution in [2.24, 2.45) is 0 Å². The van der Waals surface area contributed by atoms with Gasteiger partial charge in [0.1, 0.15) is 23.1 Å². The summed E-state index contributed by atoms with van der Waals surface area (Å²) in [5.74, 6) is -9.98. The zero-order valence-corrected chi connectivity index (χ0v) is 17.2. The minimum Gasteiger partial charge on any atom is -0.525 e. The maximum absolute atomic E-state index is 15.1. The molecule has 0 radical (unpaired) electrons. The van der Waals surface area contributed by atoms with Crippen LogP contribution in [-0.4, -0.2) is 7.12 Å². The molecule has 1 atom stereocenters. The molecule has 0 aromatic heterocycles. The van der Waals surface area contributed by atoms with Gasteiger partial charge in [0.25, 0.3) is 0 Å². The summed E-state index contributed by atoms with van der Waals surface area (Å²) in [6.07, 6.45) is 0. The third-order valence-corrected chi connectivity index (χ3v) is 5.57. The first-order valence-electron chi connectivity index (χ1n) is 10.1. The monoisotopic (exact) mass is 470 g/mol. The Morgan fingerprint density at radius 3 is 2.21 bits per heavy atom. The van der Waals surface area contributed by atoms with Gasteiger partial charge in [0.2, 0.25) is 0 Å². The van der Waals surface area contributed by atoms with Crippen LogP contribution < -0.4 is 9.31 Å². The number of fused-ring (bicyclic) bond motifs is 2. The Morgan fingerprint density at radius 1 is 0.676 bits per heavy atom. The van der Waals surface area contributed by atoms with E-state index in [1.165, 1.54) is 0 Å². The van der Waals surface area contributed by atoms with Crippen molar-refractivity contribution in [1.29, 1.82) is 0 Å². The molecule has 0 N–H and O–H groups in total. The van der Waals surface area contributed by atoms with Gasteiger partial charge in [-0.05, 0) is 35.2 Å². The van der Waals surface area contributed by atoms with Crippen molar-refractivity contribution in [3.05, 3.63) is 113 Å². The van der Waals surface area contributed by atoms with Gasteiger partial charge in [0.15, 0.2) is 29.1 Å². The van der Waals surface area contributed by atoms with Crippen LogP contribution in [0.4, 0.5) is 26.3 Å². The van der Waals surface area contributed by atoms with Crippen molar-refractivity contribution in [2.75, 3.05) is 0 Å². The van der Waals surface area contributed by atoms with Crippen molar-refractivity contribution in [3.63, 3.8) is 0 Å². The lowest BCUT2D eigenvalue weighted by atomic mass is 9.68. The summed E-state index contributed by atoms with van der Waals surface area (Å²) in [5, 5.41) is 1.38.